The fourth-order valence-corrected chi connectivity index (χ4v) is 2.88. The minimum Gasteiger partial charge on any atom is -0.310 e. The first kappa shape index (κ1) is 17.9. The Labute approximate surface area is 115 Å². The van der Waals surface area contributed by atoms with Crippen molar-refractivity contribution in [3.8, 4) is 0 Å². The normalized spacial score (nSPS) is 22.3. The Kier molecular flexibility index (Phi) is 6.35. The summed E-state index contributed by atoms with van der Waals surface area (Å²) in [5.74, 6) is 0. The van der Waals surface area contributed by atoms with Crippen molar-refractivity contribution < 1.29 is 0 Å². The molecule has 0 aromatic carbocycles. The second-order valence-corrected chi connectivity index (χ2v) is 8.30. The van der Waals surface area contributed by atoms with Gasteiger partial charge in [-0.05, 0) is 67.7 Å². The van der Waals surface area contributed by atoms with Crippen molar-refractivity contribution in [1.29, 1.82) is 0 Å². The molecule has 1 heterocycles. The summed E-state index contributed by atoms with van der Waals surface area (Å²) in [5.41, 5.74) is 0.998. The zero-order chi connectivity index (χ0) is 14.6. The lowest BCUT2D eigenvalue weighted by Gasteiger charge is -2.42. The number of piperidine rings is 1. The highest BCUT2D eigenvalue weighted by molar-refractivity contribution is 4.92. The third-order valence-corrected chi connectivity index (χ3v) is 3.00. The number of rotatable bonds is 1. The second kappa shape index (κ2) is 6.38. The molecule has 0 unspecified atom stereocenters. The van der Waals surface area contributed by atoms with Crippen LogP contribution in [0.2, 0.25) is 0 Å². The highest BCUT2D eigenvalue weighted by Gasteiger charge is 2.31. The lowest BCUT2D eigenvalue weighted by atomic mass is 9.83. The van der Waals surface area contributed by atoms with Crippen molar-refractivity contribution >= 4 is 0 Å². The van der Waals surface area contributed by atoms with E-state index in [9.17, 15) is 0 Å². The minimum absolute atomic E-state index is 0.272. The first-order chi connectivity index (χ1) is 7.83. The molecule has 2 heteroatoms. The van der Waals surface area contributed by atoms with Gasteiger partial charge < -0.3 is 10.6 Å². The smallest absolute Gasteiger partial charge is 0.0130 e. The Hall–Kier alpha value is -0.0800. The summed E-state index contributed by atoms with van der Waals surface area (Å²) in [5, 5.41) is 7.01. The van der Waals surface area contributed by atoms with Gasteiger partial charge in [-0.15, -0.1) is 0 Å². The fraction of sp³-hybridized carbons (Fsp3) is 1.00. The van der Waals surface area contributed by atoms with Crippen molar-refractivity contribution in [2.45, 2.75) is 104 Å². The van der Waals surface area contributed by atoms with Gasteiger partial charge in [0.25, 0.3) is 0 Å². The van der Waals surface area contributed by atoms with Crippen LogP contribution in [-0.4, -0.2) is 22.7 Å². The van der Waals surface area contributed by atoms with Gasteiger partial charge in [-0.3, -0.25) is 0 Å². The van der Waals surface area contributed by atoms with E-state index in [2.05, 4.69) is 72.9 Å². The SMILES string of the molecule is CC(C)NC(C)(C)C.CC1(C)CCCC(C)(C)N1. The molecule has 0 aromatic heterocycles. The standard InChI is InChI=1S/C9H19N.C7H17N/c1-8(2)6-5-7-9(3,4)10-8;1-6(2)8-7(3,4)5/h10H,5-7H2,1-4H3;6,8H,1-5H3. The van der Waals surface area contributed by atoms with Crippen LogP contribution in [0.15, 0.2) is 0 Å². The maximum absolute atomic E-state index is 3.63. The van der Waals surface area contributed by atoms with Crippen LogP contribution in [0.4, 0.5) is 0 Å². The summed E-state index contributed by atoms with van der Waals surface area (Å²) < 4.78 is 0. The van der Waals surface area contributed by atoms with E-state index in [-0.39, 0.29) is 5.54 Å². The molecule has 110 valence electrons. The zero-order valence-corrected chi connectivity index (χ0v) is 14.2. The molecule has 2 nitrogen and oxygen atoms in total. The molecule has 0 aromatic rings. The van der Waals surface area contributed by atoms with E-state index < -0.39 is 0 Å². The number of hydrogen-bond donors (Lipinski definition) is 2. The summed E-state index contributed by atoms with van der Waals surface area (Å²) in [6.07, 6.45) is 4.00. The molecule has 1 aliphatic heterocycles. The van der Waals surface area contributed by atoms with Gasteiger partial charge in [0.15, 0.2) is 0 Å². The molecule has 0 atom stereocenters. The van der Waals surface area contributed by atoms with E-state index in [1.54, 1.807) is 0 Å². The highest BCUT2D eigenvalue weighted by atomic mass is 15.0. The predicted octanol–water partition coefficient (Wildman–Crippen LogP) is 4.10. The van der Waals surface area contributed by atoms with Gasteiger partial charge in [-0.25, -0.2) is 0 Å². The summed E-state index contributed by atoms with van der Waals surface area (Å²) in [4.78, 5) is 0. The van der Waals surface area contributed by atoms with Crippen LogP contribution in [-0.2, 0) is 0 Å². The lowest BCUT2D eigenvalue weighted by Crippen LogP contribution is -2.55. The average molecular weight is 256 g/mol. The van der Waals surface area contributed by atoms with Crippen LogP contribution in [0.5, 0.6) is 0 Å². The third-order valence-electron chi connectivity index (χ3n) is 3.00. The molecule has 0 spiro atoms. The monoisotopic (exact) mass is 256 g/mol. The Morgan fingerprint density at radius 3 is 1.44 bits per heavy atom. The van der Waals surface area contributed by atoms with Crippen molar-refractivity contribution in [2.24, 2.45) is 0 Å². The van der Waals surface area contributed by atoms with E-state index in [4.69, 9.17) is 0 Å². The van der Waals surface area contributed by atoms with Crippen molar-refractivity contribution in [1.82, 2.24) is 10.6 Å². The summed E-state index contributed by atoms with van der Waals surface area (Å²) in [6, 6.07) is 0.593. The molecule has 0 saturated carbocycles. The van der Waals surface area contributed by atoms with E-state index in [1.165, 1.54) is 19.3 Å². The molecular weight excluding hydrogens is 220 g/mol. The second-order valence-electron chi connectivity index (χ2n) is 8.30. The lowest BCUT2D eigenvalue weighted by molar-refractivity contribution is 0.183. The molecule has 0 radical (unpaired) electrons. The maximum atomic E-state index is 3.63. The van der Waals surface area contributed by atoms with Crippen LogP contribution in [0.3, 0.4) is 0 Å². The van der Waals surface area contributed by atoms with Crippen molar-refractivity contribution in [2.75, 3.05) is 0 Å². The summed E-state index contributed by atoms with van der Waals surface area (Å²) in [7, 11) is 0. The van der Waals surface area contributed by atoms with Crippen molar-refractivity contribution in [3.05, 3.63) is 0 Å². The average Bonchev–Trinajstić information content (AvgIpc) is 1.93. The van der Waals surface area contributed by atoms with Gasteiger partial charge >= 0.3 is 0 Å². The molecule has 1 aliphatic rings. The van der Waals surface area contributed by atoms with Crippen LogP contribution < -0.4 is 10.6 Å². The minimum atomic E-state index is 0.272. The van der Waals surface area contributed by atoms with Crippen LogP contribution in [0.1, 0.15) is 81.6 Å². The highest BCUT2D eigenvalue weighted by Crippen LogP contribution is 2.27. The number of hydrogen-bond acceptors (Lipinski definition) is 2. The fourth-order valence-electron chi connectivity index (χ4n) is 2.88. The van der Waals surface area contributed by atoms with Gasteiger partial charge in [-0.1, -0.05) is 13.8 Å². The molecule has 0 bridgehead atoms. The van der Waals surface area contributed by atoms with Crippen LogP contribution in [0.25, 0.3) is 0 Å². The topological polar surface area (TPSA) is 24.1 Å². The molecular formula is C16H36N2. The van der Waals surface area contributed by atoms with Gasteiger partial charge in [-0.2, -0.15) is 0 Å². The first-order valence-electron chi connectivity index (χ1n) is 7.40. The molecule has 18 heavy (non-hydrogen) atoms. The predicted molar refractivity (Wildman–Crippen MR) is 83.2 cm³/mol. The number of nitrogens with one attached hydrogen (secondary N) is 2. The Bertz CT molecular complexity index is 220. The third kappa shape index (κ3) is 9.90. The van der Waals surface area contributed by atoms with Gasteiger partial charge in [0.05, 0.1) is 0 Å². The van der Waals surface area contributed by atoms with Crippen LogP contribution in [0, 0.1) is 0 Å². The summed E-state index contributed by atoms with van der Waals surface area (Å²) in [6.45, 7) is 20.0. The maximum Gasteiger partial charge on any atom is 0.0130 e. The van der Waals surface area contributed by atoms with Crippen LogP contribution >= 0.6 is 0 Å². The molecule has 0 amide bonds. The van der Waals surface area contributed by atoms with E-state index in [0.717, 1.165) is 0 Å². The zero-order valence-electron chi connectivity index (χ0n) is 14.2. The quantitative estimate of drug-likeness (QED) is 0.738. The van der Waals surface area contributed by atoms with E-state index in [1.807, 2.05) is 0 Å². The van der Waals surface area contributed by atoms with Gasteiger partial charge in [0.2, 0.25) is 0 Å². The van der Waals surface area contributed by atoms with Gasteiger partial charge in [0.1, 0.15) is 0 Å². The molecule has 0 aliphatic carbocycles. The summed E-state index contributed by atoms with van der Waals surface area (Å²) >= 11 is 0. The molecule has 1 saturated heterocycles. The Morgan fingerprint density at radius 1 is 0.944 bits per heavy atom. The Balaban J connectivity index is 0.000000331. The largest absolute Gasteiger partial charge is 0.310 e. The first-order valence-corrected chi connectivity index (χ1v) is 7.40. The van der Waals surface area contributed by atoms with Crippen molar-refractivity contribution in [3.63, 3.8) is 0 Å². The molecule has 1 rings (SSSR count). The molecule has 1 fully saturated rings. The van der Waals surface area contributed by atoms with E-state index >= 15 is 0 Å². The Morgan fingerprint density at radius 2 is 1.33 bits per heavy atom. The molecule has 2 N–H and O–H groups in total. The van der Waals surface area contributed by atoms with Gasteiger partial charge in [0, 0.05) is 22.7 Å². The van der Waals surface area contributed by atoms with E-state index in [0.29, 0.717) is 17.1 Å².